The highest BCUT2D eigenvalue weighted by molar-refractivity contribution is 5.81. The van der Waals surface area contributed by atoms with Gasteiger partial charge in [-0.15, -0.1) is 0 Å². The minimum absolute atomic E-state index is 0.163. The SMILES string of the molecule is C[C@@H]1C[C@H](NC(=O)C2CC2)CC[C@@H]1O. The Balaban J connectivity index is 1.78. The van der Waals surface area contributed by atoms with Gasteiger partial charge in [0.25, 0.3) is 0 Å². The highest BCUT2D eigenvalue weighted by Crippen LogP contribution is 2.30. The summed E-state index contributed by atoms with van der Waals surface area (Å²) in [6.07, 6.45) is 4.66. The molecule has 0 aromatic carbocycles. The first-order valence-corrected chi connectivity index (χ1v) is 5.65. The Bertz CT molecular complexity index is 225. The molecule has 3 atom stereocenters. The molecule has 2 aliphatic rings. The topological polar surface area (TPSA) is 49.3 Å². The fourth-order valence-electron chi connectivity index (χ4n) is 2.18. The van der Waals surface area contributed by atoms with Crippen LogP contribution in [-0.4, -0.2) is 23.2 Å². The molecule has 0 heterocycles. The van der Waals surface area contributed by atoms with Gasteiger partial charge in [0.05, 0.1) is 6.10 Å². The van der Waals surface area contributed by atoms with E-state index in [4.69, 9.17) is 0 Å². The zero-order valence-electron chi connectivity index (χ0n) is 8.70. The van der Waals surface area contributed by atoms with E-state index in [1.165, 1.54) is 0 Å². The van der Waals surface area contributed by atoms with Crippen LogP contribution >= 0.6 is 0 Å². The van der Waals surface area contributed by atoms with E-state index < -0.39 is 0 Å². The van der Waals surface area contributed by atoms with Gasteiger partial charge in [-0.3, -0.25) is 4.79 Å². The van der Waals surface area contributed by atoms with Crippen molar-refractivity contribution in [2.45, 2.75) is 51.2 Å². The molecule has 3 heteroatoms. The molecule has 0 saturated heterocycles. The number of aliphatic hydroxyl groups excluding tert-OH is 1. The van der Waals surface area contributed by atoms with Gasteiger partial charge in [-0.1, -0.05) is 6.92 Å². The van der Waals surface area contributed by atoms with E-state index in [1.807, 2.05) is 0 Å². The lowest BCUT2D eigenvalue weighted by Crippen LogP contribution is -2.42. The fraction of sp³-hybridized carbons (Fsp3) is 0.909. The van der Waals surface area contributed by atoms with Crippen LogP contribution in [0, 0.1) is 11.8 Å². The zero-order valence-corrected chi connectivity index (χ0v) is 8.70. The molecular formula is C11H19NO2. The summed E-state index contributed by atoms with van der Waals surface area (Å²) in [6.45, 7) is 2.06. The van der Waals surface area contributed by atoms with Crippen LogP contribution in [0.15, 0.2) is 0 Å². The molecule has 0 aromatic heterocycles. The summed E-state index contributed by atoms with van der Waals surface area (Å²) in [5.41, 5.74) is 0. The highest BCUT2D eigenvalue weighted by atomic mass is 16.3. The van der Waals surface area contributed by atoms with Crippen LogP contribution in [0.1, 0.15) is 39.0 Å². The number of carbonyl (C=O) groups is 1. The Morgan fingerprint density at radius 2 is 2.00 bits per heavy atom. The van der Waals surface area contributed by atoms with Crippen LogP contribution < -0.4 is 5.32 Å². The summed E-state index contributed by atoms with van der Waals surface area (Å²) < 4.78 is 0. The molecule has 2 saturated carbocycles. The molecule has 0 aliphatic heterocycles. The van der Waals surface area contributed by atoms with Crippen molar-refractivity contribution in [3.8, 4) is 0 Å². The van der Waals surface area contributed by atoms with Crippen LogP contribution in [0.3, 0.4) is 0 Å². The number of hydrogen-bond donors (Lipinski definition) is 2. The maximum absolute atomic E-state index is 11.5. The summed E-state index contributed by atoms with van der Waals surface area (Å²) in [4.78, 5) is 11.5. The average molecular weight is 197 g/mol. The van der Waals surface area contributed by atoms with Crippen molar-refractivity contribution in [3.05, 3.63) is 0 Å². The third-order valence-electron chi connectivity index (χ3n) is 3.42. The molecule has 2 aliphatic carbocycles. The van der Waals surface area contributed by atoms with Crippen molar-refractivity contribution in [1.82, 2.24) is 5.32 Å². The van der Waals surface area contributed by atoms with Crippen molar-refractivity contribution in [2.75, 3.05) is 0 Å². The summed E-state index contributed by atoms with van der Waals surface area (Å²) in [7, 11) is 0. The van der Waals surface area contributed by atoms with E-state index in [0.29, 0.717) is 17.9 Å². The number of nitrogens with one attached hydrogen (secondary N) is 1. The molecule has 0 spiro atoms. The number of carbonyl (C=O) groups excluding carboxylic acids is 1. The van der Waals surface area contributed by atoms with E-state index in [9.17, 15) is 9.90 Å². The molecule has 2 rings (SSSR count). The van der Waals surface area contributed by atoms with E-state index in [2.05, 4.69) is 12.2 Å². The van der Waals surface area contributed by atoms with Gasteiger partial charge < -0.3 is 10.4 Å². The maximum Gasteiger partial charge on any atom is 0.223 e. The molecule has 1 amide bonds. The largest absolute Gasteiger partial charge is 0.393 e. The Labute approximate surface area is 84.9 Å². The monoisotopic (exact) mass is 197 g/mol. The van der Waals surface area contributed by atoms with Crippen LogP contribution in [0.4, 0.5) is 0 Å². The molecule has 2 N–H and O–H groups in total. The fourth-order valence-corrected chi connectivity index (χ4v) is 2.18. The lowest BCUT2D eigenvalue weighted by molar-refractivity contribution is -0.123. The van der Waals surface area contributed by atoms with Crippen LogP contribution in [0.5, 0.6) is 0 Å². The normalized spacial score (nSPS) is 38.0. The first-order chi connectivity index (χ1) is 6.66. The van der Waals surface area contributed by atoms with Gasteiger partial charge in [0.2, 0.25) is 5.91 Å². The summed E-state index contributed by atoms with van der Waals surface area (Å²) in [5, 5.41) is 12.6. The Hall–Kier alpha value is -0.570. The summed E-state index contributed by atoms with van der Waals surface area (Å²) in [6, 6.07) is 0.307. The quantitative estimate of drug-likeness (QED) is 0.695. The van der Waals surface area contributed by atoms with Crippen LogP contribution in [0.2, 0.25) is 0 Å². The Kier molecular flexibility index (Phi) is 2.77. The van der Waals surface area contributed by atoms with Gasteiger partial charge >= 0.3 is 0 Å². The van der Waals surface area contributed by atoms with Gasteiger partial charge in [-0.25, -0.2) is 0 Å². The third-order valence-corrected chi connectivity index (χ3v) is 3.42. The molecule has 0 unspecified atom stereocenters. The second-order valence-corrected chi connectivity index (χ2v) is 4.84. The van der Waals surface area contributed by atoms with Crippen molar-refractivity contribution in [2.24, 2.45) is 11.8 Å². The minimum Gasteiger partial charge on any atom is -0.393 e. The van der Waals surface area contributed by atoms with Crippen molar-refractivity contribution >= 4 is 5.91 Å². The van der Waals surface area contributed by atoms with Gasteiger partial charge in [0, 0.05) is 12.0 Å². The molecule has 0 aromatic rings. The molecule has 2 fully saturated rings. The first-order valence-electron chi connectivity index (χ1n) is 5.65. The van der Waals surface area contributed by atoms with Gasteiger partial charge in [0.15, 0.2) is 0 Å². The number of aliphatic hydroxyl groups is 1. The zero-order chi connectivity index (χ0) is 10.1. The average Bonchev–Trinajstić information content (AvgIpc) is 2.94. The van der Waals surface area contributed by atoms with Crippen molar-refractivity contribution in [1.29, 1.82) is 0 Å². The van der Waals surface area contributed by atoms with Gasteiger partial charge in [-0.2, -0.15) is 0 Å². The van der Waals surface area contributed by atoms with Crippen molar-refractivity contribution in [3.63, 3.8) is 0 Å². The second-order valence-electron chi connectivity index (χ2n) is 4.84. The molecule has 80 valence electrons. The lowest BCUT2D eigenvalue weighted by atomic mass is 9.84. The maximum atomic E-state index is 11.5. The predicted molar refractivity (Wildman–Crippen MR) is 53.7 cm³/mol. The van der Waals surface area contributed by atoms with E-state index >= 15 is 0 Å². The van der Waals surface area contributed by atoms with E-state index in [0.717, 1.165) is 32.1 Å². The Morgan fingerprint density at radius 3 is 2.57 bits per heavy atom. The molecular weight excluding hydrogens is 178 g/mol. The summed E-state index contributed by atoms with van der Waals surface area (Å²) >= 11 is 0. The first kappa shape index (κ1) is 9.97. The third kappa shape index (κ3) is 2.27. The van der Waals surface area contributed by atoms with E-state index in [1.54, 1.807) is 0 Å². The molecule has 0 bridgehead atoms. The minimum atomic E-state index is -0.163. The predicted octanol–water partition coefficient (Wildman–Crippen LogP) is 1.06. The Morgan fingerprint density at radius 1 is 1.29 bits per heavy atom. The van der Waals surface area contributed by atoms with Gasteiger partial charge in [0.1, 0.15) is 0 Å². The number of rotatable bonds is 2. The molecule has 14 heavy (non-hydrogen) atoms. The number of amides is 1. The second kappa shape index (κ2) is 3.89. The van der Waals surface area contributed by atoms with Crippen LogP contribution in [-0.2, 0) is 4.79 Å². The van der Waals surface area contributed by atoms with E-state index in [-0.39, 0.29) is 12.0 Å². The highest BCUT2D eigenvalue weighted by Gasteiger charge is 2.33. The number of hydrogen-bond acceptors (Lipinski definition) is 2. The van der Waals surface area contributed by atoms with Crippen LogP contribution in [0.25, 0.3) is 0 Å². The van der Waals surface area contributed by atoms with Gasteiger partial charge in [-0.05, 0) is 38.0 Å². The molecule has 0 radical (unpaired) electrons. The molecule has 3 nitrogen and oxygen atoms in total. The smallest absolute Gasteiger partial charge is 0.223 e. The summed E-state index contributed by atoms with van der Waals surface area (Å²) in [5.74, 6) is 0.865. The lowest BCUT2D eigenvalue weighted by Gasteiger charge is -2.31. The standard InChI is InChI=1S/C11H19NO2/c1-7-6-9(4-5-10(7)13)12-11(14)8-2-3-8/h7-10,13H,2-6H2,1H3,(H,12,14)/t7-,9-,10+/m1/s1. The van der Waals surface area contributed by atoms with Crippen molar-refractivity contribution < 1.29 is 9.90 Å².